The van der Waals surface area contributed by atoms with Crippen molar-refractivity contribution >= 4 is 11.6 Å². The molecule has 1 saturated heterocycles. The Labute approximate surface area is 110 Å². The molecule has 0 bridgehead atoms. The van der Waals surface area contributed by atoms with Crippen LogP contribution in [0.1, 0.15) is 23.8 Å². The lowest BCUT2D eigenvalue weighted by Crippen LogP contribution is -2.08. The lowest BCUT2D eigenvalue weighted by Gasteiger charge is -2.02. The van der Waals surface area contributed by atoms with Crippen molar-refractivity contribution in [1.29, 1.82) is 0 Å². The van der Waals surface area contributed by atoms with Gasteiger partial charge in [-0.05, 0) is 31.5 Å². The summed E-state index contributed by atoms with van der Waals surface area (Å²) < 4.78 is 5.35. The van der Waals surface area contributed by atoms with E-state index >= 15 is 0 Å². The molecule has 0 amide bonds. The third-order valence-electron chi connectivity index (χ3n) is 3.36. The molecule has 1 fully saturated rings. The molecule has 0 saturated carbocycles. The molecule has 0 radical (unpaired) electrons. The average molecular weight is 264 g/mol. The number of hydrogen-bond acceptors (Lipinski definition) is 4. The first-order chi connectivity index (χ1) is 8.75. The fourth-order valence-electron chi connectivity index (χ4n) is 2.23. The maximum Gasteiger partial charge on any atom is 0.231 e. The molecule has 3 rings (SSSR count). The lowest BCUT2D eigenvalue weighted by atomic mass is 10.1. The fourth-order valence-corrected chi connectivity index (χ4v) is 2.40. The summed E-state index contributed by atoms with van der Waals surface area (Å²) in [6, 6.07) is 5.73. The Morgan fingerprint density at radius 1 is 1.44 bits per heavy atom. The van der Waals surface area contributed by atoms with Crippen LogP contribution in [0.5, 0.6) is 0 Å². The Morgan fingerprint density at radius 3 is 3.11 bits per heavy atom. The summed E-state index contributed by atoms with van der Waals surface area (Å²) >= 11 is 6.10. The number of benzene rings is 1. The minimum absolute atomic E-state index is 0.339. The number of nitrogens with zero attached hydrogens (tertiary/aromatic N) is 2. The number of halogens is 1. The van der Waals surface area contributed by atoms with Gasteiger partial charge in [0.05, 0.1) is 5.92 Å². The van der Waals surface area contributed by atoms with Crippen LogP contribution in [0.3, 0.4) is 0 Å². The highest BCUT2D eigenvalue weighted by Gasteiger charge is 2.23. The normalized spacial score (nSPS) is 19.3. The highest BCUT2D eigenvalue weighted by Crippen LogP contribution is 2.28. The van der Waals surface area contributed by atoms with E-state index < -0.39 is 0 Å². The molecular formula is C13H14ClN3O. The van der Waals surface area contributed by atoms with Gasteiger partial charge in [-0.2, -0.15) is 4.98 Å². The van der Waals surface area contributed by atoms with Crippen LogP contribution in [-0.4, -0.2) is 23.2 Å². The van der Waals surface area contributed by atoms with Gasteiger partial charge in [0.25, 0.3) is 0 Å². The molecule has 5 heteroatoms. The van der Waals surface area contributed by atoms with E-state index in [1.807, 2.05) is 25.1 Å². The summed E-state index contributed by atoms with van der Waals surface area (Å²) in [7, 11) is 0. The molecular weight excluding hydrogens is 250 g/mol. The summed E-state index contributed by atoms with van der Waals surface area (Å²) in [6.07, 6.45) is 1.05. The second-order valence-electron chi connectivity index (χ2n) is 4.56. The molecule has 2 heterocycles. The molecule has 4 nitrogen and oxygen atoms in total. The Bertz CT molecular complexity index is 561. The van der Waals surface area contributed by atoms with Crippen LogP contribution >= 0.6 is 11.6 Å². The van der Waals surface area contributed by atoms with E-state index in [0.29, 0.717) is 11.7 Å². The Kier molecular flexibility index (Phi) is 3.06. The van der Waals surface area contributed by atoms with Crippen LogP contribution in [0.2, 0.25) is 5.02 Å². The maximum absolute atomic E-state index is 6.10. The molecule has 1 aromatic heterocycles. The van der Waals surface area contributed by atoms with Gasteiger partial charge in [0, 0.05) is 17.1 Å². The molecule has 18 heavy (non-hydrogen) atoms. The van der Waals surface area contributed by atoms with Gasteiger partial charge in [0.2, 0.25) is 11.7 Å². The van der Waals surface area contributed by atoms with Gasteiger partial charge >= 0.3 is 0 Å². The van der Waals surface area contributed by atoms with Gasteiger partial charge in [-0.15, -0.1) is 0 Å². The van der Waals surface area contributed by atoms with Crippen molar-refractivity contribution < 1.29 is 4.52 Å². The van der Waals surface area contributed by atoms with Crippen LogP contribution < -0.4 is 5.32 Å². The van der Waals surface area contributed by atoms with Gasteiger partial charge in [0.1, 0.15) is 0 Å². The highest BCUT2D eigenvalue weighted by molar-refractivity contribution is 6.31. The molecule has 0 unspecified atom stereocenters. The van der Waals surface area contributed by atoms with Crippen LogP contribution in [0.25, 0.3) is 11.4 Å². The monoisotopic (exact) mass is 263 g/mol. The van der Waals surface area contributed by atoms with E-state index in [4.69, 9.17) is 16.1 Å². The predicted molar refractivity (Wildman–Crippen MR) is 69.7 cm³/mol. The van der Waals surface area contributed by atoms with E-state index in [-0.39, 0.29) is 0 Å². The Balaban J connectivity index is 1.95. The van der Waals surface area contributed by atoms with Crippen molar-refractivity contribution in [2.24, 2.45) is 0 Å². The number of hydrogen-bond donors (Lipinski definition) is 1. The fraction of sp³-hybridized carbons (Fsp3) is 0.385. The Morgan fingerprint density at radius 2 is 2.33 bits per heavy atom. The van der Waals surface area contributed by atoms with E-state index in [9.17, 15) is 0 Å². The molecule has 94 valence electrons. The summed E-state index contributed by atoms with van der Waals surface area (Å²) in [6.45, 7) is 3.89. The molecule has 2 aromatic rings. The highest BCUT2D eigenvalue weighted by atomic mass is 35.5. The summed E-state index contributed by atoms with van der Waals surface area (Å²) in [5.41, 5.74) is 1.92. The molecule has 0 spiro atoms. The van der Waals surface area contributed by atoms with Gasteiger partial charge in [-0.3, -0.25) is 0 Å². The van der Waals surface area contributed by atoms with Crippen molar-refractivity contribution in [3.8, 4) is 11.4 Å². The van der Waals surface area contributed by atoms with Gasteiger partial charge in [-0.25, -0.2) is 0 Å². The van der Waals surface area contributed by atoms with E-state index in [0.717, 1.165) is 41.6 Å². The zero-order valence-corrected chi connectivity index (χ0v) is 10.9. The lowest BCUT2D eigenvalue weighted by molar-refractivity contribution is 0.359. The molecule has 0 aliphatic carbocycles. The van der Waals surface area contributed by atoms with Crippen LogP contribution in [0.15, 0.2) is 22.7 Å². The smallest absolute Gasteiger partial charge is 0.231 e. The SMILES string of the molecule is Cc1c(Cl)cccc1-c1noc([C@H]2CCNC2)n1. The first-order valence-corrected chi connectivity index (χ1v) is 6.43. The number of nitrogens with one attached hydrogen (secondary N) is 1. The summed E-state index contributed by atoms with van der Waals surface area (Å²) in [5.74, 6) is 1.68. The summed E-state index contributed by atoms with van der Waals surface area (Å²) in [4.78, 5) is 4.49. The maximum atomic E-state index is 6.10. The van der Waals surface area contributed by atoms with Crippen molar-refractivity contribution in [1.82, 2.24) is 15.5 Å². The topological polar surface area (TPSA) is 51.0 Å². The largest absolute Gasteiger partial charge is 0.339 e. The number of rotatable bonds is 2. The average Bonchev–Trinajstić information content (AvgIpc) is 3.01. The Hall–Kier alpha value is -1.39. The van der Waals surface area contributed by atoms with Crippen molar-refractivity contribution in [2.75, 3.05) is 13.1 Å². The minimum atomic E-state index is 0.339. The first-order valence-electron chi connectivity index (χ1n) is 6.05. The second kappa shape index (κ2) is 4.71. The summed E-state index contributed by atoms with van der Waals surface area (Å²) in [5, 5.41) is 8.08. The van der Waals surface area contributed by atoms with Gasteiger partial charge in [0.15, 0.2) is 0 Å². The van der Waals surface area contributed by atoms with E-state index in [2.05, 4.69) is 15.5 Å². The van der Waals surface area contributed by atoms with E-state index in [1.54, 1.807) is 0 Å². The first kappa shape index (κ1) is 11.7. The van der Waals surface area contributed by atoms with Crippen LogP contribution in [0.4, 0.5) is 0 Å². The predicted octanol–water partition coefficient (Wildman–Crippen LogP) is 2.78. The van der Waals surface area contributed by atoms with Gasteiger partial charge < -0.3 is 9.84 Å². The molecule has 1 aliphatic rings. The second-order valence-corrected chi connectivity index (χ2v) is 4.97. The number of aromatic nitrogens is 2. The molecule has 1 aromatic carbocycles. The quantitative estimate of drug-likeness (QED) is 0.905. The third-order valence-corrected chi connectivity index (χ3v) is 3.77. The van der Waals surface area contributed by atoms with Crippen LogP contribution in [0, 0.1) is 6.92 Å². The zero-order chi connectivity index (χ0) is 12.5. The minimum Gasteiger partial charge on any atom is -0.339 e. The van der Waals surface area contributed by atoms with Gasteiger partial charge in [-0.1, -0.05) is 28.9 Å². The van der Waals surface area contributed by atoms with Crippen LogP contribution in [-0.2, 0) is 0 Å². The standard InChI is InChI=1S/C13H14ClN3O/c1-8-10(3-2-4-11(8)14)12-16-13(18-17-12)9-5-6-15-7-9/h2-4,9,15H,5-7H2,1H3/t9-/m0/s1. The third kappa shape index (κ3) is 2.02. The molecule has 1 N–H and O–H groups in total. The van der Waals surface area contributed by atoms with E-state index in [1.165, 1.54) is 0 Å². The molecule has 1 aliphatic heterocycles. The molecule has 1 atom stereocenters. The van der Waals surface area contributed by atoms with Crippen molar-refractivity contribution in [2.45, 2.75) is 19.3 Å². The zero-order valence-electron chi connectivity index (χ0n) is 10.1. The van der Waals surface area contributed by atoms with Crippen molar-refractivity contribution in [3.63, 3.8) is 0 Å². The van der Waals surface area contributed by atoms with Crippen molar-refractivity contribution in [3.05, 3.63) is 34.7 Å².